The Morgan fingerprint density at radius 2 is 1.90 bits per heavy atom. The molecule has 1 aromatic rings. The van der Waals surface area contributed by atoms with Gasteiger partial charge in [-0.15, -0.1) is 0 Å². The molecule has 4 nitrogen and oxygen atoms in total. The molecule has 1 aromatic carbocycles. The highest BCUT2D eigenvalue weighted by Gasteiger charge is 2.26. The van der Waals surface area contributed by atoms with Crippen LogP contribution in [-0.2, 0) is 10.0 Å². The van der Waals surface area contributed by atoms with Crippen molar-refractivity contribution in [2.75, 3.05) is 0 Å². The number of ether oxygens (including phenoxy) is 1. The van der Waals surface area contributed by atoms with Gasteiger partial charge in [-0.2, -0.15) is 0 Å². The van der Waals surface area contributed by atoms with E-state index < -0.39 is 10.0 Å². The predicted molar refractivity (Wildman–Crippen MR) is 79.1 cm³/mol. The molecule has 1 aliphatic carbocycles. The average Bonchev–Trinajstić information content (AvgIpc) is 2.35. The Balaban J connectivity index is 2.11. The van der Waals surface area contributed by atoms with Crippen LogP contribution < -0.4 is 9.88 Å². The quantitative estimate of drug-likeness (QED) is 0.932. The van der Waals surface area contributed by atoms with E-state index in [9.17, 15) is 8.42 Å². The zero-order valence-corrected chi connectivity index (χ0v) is 13.1. The predicted octanol–water partition coefficient (Wildman–Crippen LogP) is 2.85. The van der Waals surface area contributed by atoms with E-state index in [-0.39, 0.29) is 11.0 Å². The standard InChI is InChI=1S/C15H23NO3S/c1-10-4-5-13(8-11(10)2)19-15-7-6-14(9-12(15)3)20(16,17)18/h6-7,9-11,13H,4-5,8H2,1-3H3,(H2,16,17,18). The molecule has 0 amide bonds. The second kappa shape index (κ2) is 5.74. The fraction of sp³-hybridized carbons (Fsp3) is 0.600. The van der Waals surface area contributed by atoms with Crippen molar-refractivity contribution in [2.45, 2.75) is 51.0 Å². The maximum Gasteiger partial charge on any atom is 0.238 e. The van der Waals surface area contributed by atoms with Crippen LogP contribution in [-0.4, -0.2) is 14.5 Å². The van der Waals surface area contributed by atoms with Gasteiger partial charge in [0.2, 0.25) is 10.0 Å². The minimum atomic E-state index is -3.65. The molecule has 0 aromatic heterocycles. The number of rotatable bonds is 3. The second-order valence-corrected chi connectivity index (χ2v) is 7.54. The van der Waals surface area contributed by atoms with Gasteiger partial charge in [-0.1, -0.05) is 13.8 Å². The van der Waals surface area contributed by atoms with Crippen LogP contribution in [0.15, 0.2) is 23.1 Å². The van der Waals surface area contributed by atoms with E-state index in [1.165, 1.54) is 12.5 Å². The highest BCUT2D eigenvalue weighted by molar-refractivity contribution is 7.89. The largest absolute Gasteiger partial charge is 0.490 e. The maximum absolute atomic E-state index is 11.3. The highest BCUT2D eigenvalue weighted by Crippen LogP contribution is 2.33. The average molecular weight is 297 g/mol. The number of primary sulfonamides is 1. The molecule has 2 rings (SSSR count). The summed E-state index contributed by atoms with van der Waals surface area (Å²) in [5.74, 6) is 2.17. The van der Waals surface area contributed by atoms with Gasteiger partial charge in [0.1, 0.15) is 5.75 Å². The molecular weight excluding hydrogens is 274 g/mol. The van der Waals surface area contributed by atoms with Gasteiger partial charge in [0.15, 0.2) is 0 Å². The summed E-state index contributed by atoms with van der Waals surface area (Å²) in [6, 6.07) is 4.78. The Hall–Kier alpha value is -1.07. The van der Waals surface area contributed by atoms with Crippen molar-refractivity contribution in [3.63, 3.8) is 0 Å². The van der Waals surface area contributed by atoms with Gasteiger partial charge >= 0.3 is 0 Å². The van der Waals surface area contributed by atoms with Crippen LogP contribution in [0, 0.1) is 18.8 Å². The summed E-state index contributed by atoms with van der Waals surface area (Å²) in [6.45, 7) is 6.39. The van der Waals surface area contributed by atoms with Crippen molar-refractivity contribution in [1.82, 2.24) is 0 Å². The molecule has 0 radical (unpaired) electrons. The summed E-state index contributed by atoms with van der Waals surface area (Å²) in [5, 5.41) is 5.12. The summed E-state index contributed by atoms with van der Waals surface area (Å²) in [7, 11) is -3.65. The van der Waals surface area contributed by atoms with E-state index >= 15 is 0 Å². The molecule has 3 atom stereocenters. The van der Waals surface area contributed by atoms with E-state index in [1.807, 2.05) is 6.92 Å². The zero-order chi connectivity index (χ0) is 14.9. The SMILES string of the molecule is Cc1cc(S(N)(=O)=O)ccc1OC1CCC(C)C(C)C1. The van der Waals surface area contributed by atoms with Crippen LogP contribution in [0.4, 0.5) is 0 Å². The number of nitrogens with two attached hydrogens (primary N) is 1. The van der Waals surface area contributed by atoms with Crippen molar-refractivity contribution in [2.24, 2.45) is 17.0 Å². The molecule has 0 heterocycles. The summed E-state index contributed by atoms with van der Waals surface area (Å²) in [6.07, 6.45) is 3.51. The Labute approximate surface area is 121 Å². The van der Waals surface area contributed by atoms with Crippen molar-refractivity contribution in [3.05, 3.63) is 23.8 Å². The molecule has 1 fully saturated rings. The third-order valence-corrected chi connectivity index (χ3v) is 5.23. The number of hydrogen-bond donors (Lipinski definition) is 1. The van der Waals surface area contributed by atoms with Gasteiger partial charge in [0, 0.05) is 0 Å². The zero-order valence-electron chi connectivity index (χ0n) is 12.3. The molecule has 1 saturated carbocycles. The molecule has 112 valence electrons. The van der Waals surface area contributed by atoms with Crippen molar-refractivity contribution in [3.8, 4) is 5.75 Å². The van der Waals surface area contributed by atoms with E-state index in [4.69, 9.17) is 9.88 Å². The molecule has 0 spiro atoms. The van der Waals surface area contributed by atoms with Gasteiger partial charge in [0.05, 0.1) is 11.0 Å². The number of hydrogen-bond acceptors (Lipinski definition) is 3. The summed E-state index contributed by atoms with van der Waals surface area (Å²) < 4.78 is 28.6. The lowest BCUT2D eigenvalue weighted by atomic mass is 9.80. The van der Waals surface area contributed by atoms with Crippen LogP contribution in [0.1, 0.15) is 38.7 Å². The van der Waals surface area contributed by atoms with Crippen LogP contribution in [0.3, 0.4) is 0 Å². The number of sulfonamides is 1. The van der Waals surface area contributed by atoms with Gasteiger partial charge in [-0.25, -0.2) is 13.6 Å². The fourth-order valence-electron chi connectivity index (χ4n) is 2.72. The van der Waals surface area contributed by atoms with Crippen molar-refractivity contribution in [1.29, 1.82) is 0 Å². The van der Waals surface area contributed by atoms with E-state index in [2.05, 4.69) is 13.8 Å². The normalized spacial score (nSPS) is 27.3. The highest BCUT2D eigenvalue weighted by atomic mass is 32.2. The Morgan fingerprint density at radius 3 is 2.45 bits per heavy atom. The van der Waals surface area contributed by atoms with Crippen LogP contribution in [0.2, 0.25) is 0 Å². The number of benzene rings is 1. The Kier molecular flexibility index (Phi) is 4.39. The van der Waals surface area contributed by atoms with Gasteiger partial charge in [0.25, 0.3) is 0 Å². The molecule has 3 unspecified atom stereocenters. The molecule has 0 bridgehead atoms. The topological polar surface area (TPSA) is 69.4 Å². The van der Waals surface area contributed by atoms with Crippen molar-refractivity contribution >= 4 is 10.0 Å². The molecule has 0 aliphatic heterocycles. The third kappa shape index (κ3) is 3.52. The first-order valence-corrected chi connectivity index (χ1v) is 8.62. The smallest absolute Gasteiger partial charge is 0.238 e. The Morgan fingerprint density at radius 1 is 1.20 bits per heavy atom. The molecule has 1 aliphatic rings. The minimum Gasteiger partial charge on any atom is -0.490 e. The first kappa shape index (κ1) is 15.3. The fourth-order valence-corrected chi connectivity index (χ4v) is 3.31. The van der Waals surface area contributed by atoms with E-state index in [0.29, 0.717) is 5.92 Å². The Bertz CT molecular complexity index is 583. The second-order valence-electron chi connectivity index (χ2n) is 5.98. The maximum atomic E-state index is 11.3. The van der Waals surface area contributed by atoms with Gasteiger partial charge in [-0.3, -0.25) is 0 Å². The molecule has 2 N–H and O–H groups in total. The molecule has 5 heteroatoms. The lowest BCUT2D eigenvalue weighted by Crippen LogP contribution is -2.29. The molecular formula is C15H23NO3S. The number of aryl methyl sites for hydroxylation is 1. The molecule has 0 saturated heterocycles. The first-order valence-electron chi connectivity index (χ1n) is 7.07. The summed E-state index contributed by atoms with van der Waals surface area (Å²) >= 11 is 0. The first-order chi connectivity index (χ1) is 9.27. The summed E-state index contributed by atoms with van der Waals surface area (Å²) in [4.78, 5) is 0.132. The monoisotopic (exact) mass is 297 g/mol. The van der Waals surface area contributed by atoms with Crippen LogP contribution in [0.5, 0.6) is 5.75 Å². The van der Waals surface area contributed by atoms with Crippen molar-refractivity contribution < 1.29 is 13.2 Å². The van der Waals surface area contributed by atoms with E-state index in [1.54, 1.807) is 12.1 Å². The van der Waals surface area contributed by atoms with Gasteiger partial charge < -0.3 is 4.74 Å². The lowest BCUT2D eigenvalue weighted by Gasteiger charge is -2.32. The van der Waals surface area contributed by atoms with Gasteiger partial charge in [-0.05, 0) is 61.8 Å². The summed E-state index contributed by atoms with van der Waals surface area (Å²) in [5.41, 5.74) is 0.808. The molecule has 20 heavy (non-hydrogen) atoms. The van der Waals surface area contributed by atoms with E-state index in [0.717, 1.165) is 30.1 Å². The van der Waals surface area contributed by atoms with Crippen LogP contribution in [0.25, 0.3) is 0 Å². The third-order valence-electron chi connectivity index (χ3n) is 4.32. The minimum absolute atomic E-state index is 0.132. The van der Waals surface area contributed by atoms with Crippen LogP contribution >= 0.6 is 0 Å². The lowest BCUT2D eigenvalue weighted by molar-refractivity contribution is 0.0999.